The summed E-state index contributed by atoms with van der Waals surface area (Å²) in [6.45, 7) is -0.410. The summed E-state index contributed by atoms with van der Waals surface area (Å²) in [4.78, 5) is 35.1. The molecule has 0 bridgehead atoms. The van der Waals surface area contributed by atoms with Crippen LogP contribution in [-0.4, -0.2) is 31.5 Å². The van der Waals surface area contributed by atoms with Gasteiger partial charge in [0, 0.05) is 12.0 Å². The molecule has 0 heterocycles. The number of benzene rings is 1. The van der Waals surface area contributed by atoms with Crippen LogP contribution in [0.4, 0.5) is 0 Å². The Morgan fingerprint density at radius 2 is 1.76 bits per heavy atom. The summed E-state index contributed by atoms with van der Waals surface area (Å²) < 4.78 is 9.92. The van der Waals surface area contributed by atoms with E-state index >= 15 is 0 Å². The molecule has 2 amide bonds. The fraction of sp³-hybridized carbons (Fsp3) is 0.500. The standard InChI is InChI=1S/C18H24N2O5/c1-24-15-9-7-14(8-10-15)18(23)20-19-16(21)12-25-17(22)11-6-13-4-2-3-5-13/h7-10,13H,2-6,11-12H2,1H3,(H,19,21)(H,20,23). The van der Waals surface area contributed by atoms with Gasteiger partial charge in [0.2, 0.25) is 0 Å². The smallest absolute Gasteiger partial charge is 0.306 e. The lowest BCUT2D eigenvalue weighted by atomic mass is 10.0. The van der Waals surface area contributed by atoms with Crippen molar-refractivity contribution in [3.8, 4) is 5.75 Å². The molecule has 1 aliphatic rings. The van der Waals surface area contributed by atoms with Crippen LogP contribution < -0.4 is 15.6 Å². The first-order valence-electron chi connectivity index (χ1n) is 8.47. The van der Waals surface area contributed by atoms with Gasteiger partial charge in [0.25, 0.3) is 11.8 Å². The van der Waals surface area contributed by atoms with Crippen LogP contribution in [0.25, 0.3) is 0 Å². The third kappa shape index (κ3) is 6.45. The molecule has 1 aromatic rings. The number of esters is 1. The molecule has 7 nitrogen and oxygen atoms in total. The fourth-order valence-electron chi connectivity index (χ4n) is 2.82. The summed E-state index contributed by atoms with van der Waals surface area (Å²) in [6.07, 6.45) is 5.95. The van der Waals surface area contributed by atoms with Crippen molar-refractivity contribution in [1.82, 2.24) is 10.9 Å². The van der Waals surface area contributed by atoms with Gasteiger partial charge in [-0.3, -0.25) is 25.2 Å². The molecule has 0 saturated heterocycles. The zero-order valence-electron chi connectivity index (χ0n) is 14.4. The molecule has 1 aromatic carbocycles. The zero-order chi connectivity index (χ0) is 18.1. The van der Waals surface area contributed by atoms with Gasteiger partial charge in [0.05, 0.1) is 7.11 Å². The van der Waals surface area contributed by atoms with Gasteiger partial charge in [-0.2, -0.15) is 0 Å². The topological polar surface area (TPSA) is 93.7 Å². The summed E-state index contributed by atoms with van der Waals surface area (Å²) >= 11 is 0. The minimum atomic E-state index is -0.587. The van der Waals surface area contributed by atoms with E-state index in [9.17, 15) is 14.4 Å². The van der Waals surface area contributed by atoms with E-state index in [2.05, 4.69) is 10.9 Å². The Kier molecular flexibility index (Phi) is 7.25. The van der Waals surface area contributed by atoms with Gasteiger partial charge >= 0.3 is 5.97 Å². The van der Waals surface area contributed by atoms with E-state index in [-0.39, 0.29) is 5.97 Å². The number of amides is 2. The van der Waals surface area contributed by atoms with E-state index in [0.717, 1.165) is 6.42 Å². The number of hydrogen-bond donors (Lipinski definition) is 2. The molecule has 136 valence electrons. The molecular formula is C18H24N2O5. The van der Waals surface area contributed by atoms with E-state index < -0.39 is 18.4 Å². The van der Waals surface area contributed by atoms with E-state index in [1.807, 2.05) is 0 Å². The number of methoxy groups -OCH3 is 1. The third-order valence-corrected chi connectivity index (χ3v) is 4.26. The number of carbonyl (C=O) groups is 3. The SMILES string of the molecule is COc1ccc(C(=O)NNC(=O)COC(=O)CCC2CCCC2)cc1. The van der Waals surface area contributed by atoms with Crippen molar-refractivity contribution in [3.05, 3.63) is 29.8 Å². The van der Waals surface area contributed by atoms with Crippen molar-refractivity contribution in [3.63, 3.8) is 0 Å². The van der Waals surface area contributed by atoms with Crippen LogP contribution in [-0.2, 0) is 14.3 Å². The maximum absolute atomic E-state index is 11.9. The highest BCUT2D eigenvalue weighted by molar-refractivity contribution is 5.95. The second-order valence-corrected chi connectivity index (χ2v) is 6.08. The summed E-state index contributed by atoms with van der Waals surface area (Å²) in [5, 5.41) is 0. The second kappa shape index (κ2) is 9.66. The highest BCUT2D eigenvalue weighted by atomic mass is 16.5. The molecule has 0 radical (unpaired) electrons. The first-order valence-corrected chi connectivity index (χ1v) is 8.47. The Morgan fingerprint density at radius 3 is 2.40 bits per heavy atom. The fourth-order valence-corrected chi connectivity index (χ4v) is 2.82. The van der Waals surface area contributed by atoms with E-state index in [1.165, 1.54) is 32.8 Å². The predicted molar refractivity (Wildman–Crippen MR) is 90.8 cm³/mol. The normalized spacial score (nSPS) is 14.0. The van der Waals surface area contributed by atoms with Gasteiger partial charge in [-0.25, -0.2) is 0 Å². The Bertz CT molecular complexity index is 594. The Morgan fingerprint density at radius 1 is 1.08 bits per heavy atom. The molecule has 0 spiro atoms. The summed E-state index contributed by atoms with van der Waals surface area (Å²) in [7, 11) is 1.53. The summed E-state index contributed by atoms with van der Waals surface area (Å²) in [5.41, 5.74) is 4.85. The number of carbonyl (C=O) groups excluding carboxylic acids is 3. The number of hydrazine groups is 1. The molecule has 1 aliphatic carbocycles. The minimum Gasteiger partial charge on any atom is -0.497 e. The molecule has 1 fully saturated rings. The lowest BCUT2D eigenvalue weighted by Crippen LogP contribution is -2.43. The van der Waals surface area contributed by atoms with Gasteiger partial charge in [0.15, 0.2) is 6.61 Å². The van der Waals surface area contributed by atoms with E-state index in [0.29, 0.717) is 23.7 Å². The number of nitrogens with one attached hydrogen (secondary N) is 2. The first-order chi connectivity index (χ1) is 12.1. The highest BCUT2D eigenvalue weighted by Crippen LogP contribution is 2.28. The molecule has 0 aromatic heterocycles. The molecule has 1 saturated carbocycles. The number of ether oxygens (including phenoxy) is 2. The van der Waals surface area contributed by atoms with Crippen molar-refractivity contribution in [2.45, 2.75) is 38.5 Å². The third-order valence-electron chi connectivity index (χ3n) is 4.26. The average Bonchev–Trinajstić information content (AvgIpc) is 3.16. The maximum atomic E-state index is 11.9. The van der Waals surface area contributed by atoms with Gasteiger partial charge in [0.1, 0.15) is 5.75 Å². The molecular weight excluding hydrogens is 324 g/mol. The lowest BCUT2D eigenvalue weighted by molar-refractivity contribution is -0.149. The molecule has 0 unspecified atom stereocenters. The largest absolute Gasteiger partial charge is 0.497 e. The molecule has 0 aliphatic heterocycles. The van der Waals surface area contributed by atoms with E-state index in [4.69, 9.17) is 9.47 Å². The highest BCUT2D eigenvalue weighted by Gasteiger charge is 2.17. The van der Waals surface area contributed by atoms with Gasteiger partial charge in [-0.05, 0) is 36.6 Å². The lowest BCUT2D eigenvalue weighted by Gasteiger charge is -2.10. The minimum absolute atomic E-state index is 0.330. The van der Waals surface area contributed by atoms with Crippen molar-refractivity contribution >= 4 is 17.8 Å². The average molecular weight is 348 g/mol. The van der Waals surface area contributed by atoms with Crippen LogP contribution in [0.2, 0.25) is 0 Å². The molecule has 2 rings (SSSR count). The van der Waals surface area contributed by atoms with Crippen molar-refractivity contribution in [2.24, 2.45) is 5.92 Å². The van der Waals surface area contributed by atoms with Crippen molar-refractivity contribution < 1.29 is 23.9 Å². The van der Waals surface area contributed by atoms with Crippen LogP contribution in [0.15, 0.2) is 24.3 Å². The van der Waals surface area contributed by atoms with Gasteiger partial charge in [-0.1, -0.05) is 25.7 Å². The van der Waals surface area contributed by atoms with Crippen LogP contribution >= 0.6 is 0 Å². The first kappa shape index (κ1) is 18.8. The molecule has 0 atom stereocenters. The molecule has 25 heavy (non-hydrogen) atoms. The Labute approximate surface area is 147 Å². The molecule has 7 heteroatoms. The van der Waals surface area contributed by atoms with Gasteiger partial charge in [-0.15, -0.1) is 0 Å². The summed E-state index contributed by atoms with van der Waals surface area (Å²) in [6, 6.07) is 6.43. The van der Waals surface area contributed by atoms with Crippen molar-refractivity contribution in [1.29, 1.82) is 0 Å². The van der Waals surface area contributed by atoms with Crippen LogP contribution in [0.5, 0.6) is 5.75 Å². The number of rotatable bonds is 7. The zero-order valence-corrected chi connectivity index (χ0v) is 14.4. The monoisotopic (exact) mass is 348 g/mol. The van der Waals surface area contributed by atoms with Crippen molar-refractivity contribution in [2.75, 3.05) is 13.7 Å². The van der Waals surface area contributed by atoms with Crippen LogP contribution in [0.3, 0.4) is 0 Å². The van der Waals surface area contributed by atoms with E-state index in [1.54, 1.807) is 24.3 Å². The summed E-state index contributed by atoms with van der Waals surface area (Å²) in [5.74, 6) is -0.210. The predicted octanol–water partition coefficient (Wildman–Crippen LogP) is 1.97. The second-order valence-electron chi connectivity index (χ2n) is 6.08. The van der Waals surface area contributed by atoms with Crippen LogP contribution in [0, 0.1) is 5.92 Å². The van der Waals surface area contributed by atoms with Gasteiger partial charge < -0.3 is 9.47 Å². The van der Waals surface area contributed by atoms with Crippen LogP contribution in [0.1, 0.15) is 48.9 Å². The number of hydrogen-bond acceptors (Lipinski definition) is 5. The quantitative estimate of drug-likeness (QED) is 0.580. The molecule has 2 N–H and O–H groups in total. The Balaban J connectivity index is 1.62. The maximum Gasteiger partial charge on any atom is 0.306 e. The Hall–Kier alpha value is -2.57.